The Hall–Kier alpha value is -2.54. The molecule has 0 N–H and O–H groups in total. The van der Waals surface area contributed by atoms with E-state index in [1.807, 2.05) is 48.1 Å². The molecule has 1 saturated heterocycles. The average Bonchev–Trinajstić information content (AvgIpc) is 3.27. The molecule has 7 nitrogen and oxygen atoms in total. The Morgan fingerprint density at radius 1 is 1.16 bits per heavy atom. The van der Waals surface area contributed by atoms with Crippen molar-refractivity contribution in [2.24, 2.45) is 5.92 Å². The highest BCUT2D eigenvalue weighted by molar-refractivity contribution is 5.29. The molecule has 3 heterocycles. The van der Waals surface area contributed by atoms with Crippen LogP contribution < -0.4 is 0 Å². The highest BCUT2D eigenvalue weighted by Crippen LogP contribution is 2.22. The molecule has 0 radical (unpaired) electrons. The van der Waals surface area contributed by atoms with Crippen LogP contribution in [-0.2, 0) is 13.0 Å². The molecule has 25 heavy (non-hydrogen) atoms. The molecule has 7 heteroatoms. The molecule has 3 aromatic rings. The molecular weight excluding hydrogens is 316 g/mol. The van der Waals surface area contributed by atoms with Crippen molar-refractivity contribution in [3.05, 3.63) is 53.9 Å². The maximum atomic E-state index is 5.24. The average molecular weight is 338 g/mol. The Labute approximate surface area is 146 Å². The summed E-state index contributed by atoms with van der Waals surface area (Å²) in [6.45, 7) is 4.84. The summed E-state index contributed by atoms with van der Waals surface area (Å²) < 4.78 is 7.07. The SMILES string of the molecule is Cc1noc(CC2CCN(Cc3cn(-c4ccccc4)nn3)CC2)n1. The largest absolute Gasteiger partial charge is 0.339 e. The summed E-state index contributed by atoms with van der Waals surface area (Å²) in [7, 11) is 0. The predicted molar refractivity (Wildman–Crippen MR) is 92.1 cm³/mol. The summed E-state index contributed by atoms with van der Waals surface area (Å²) >= 11 is 0. The summed E-state index contributed by atoms with van der Waals surface area (Å²) in [5.41, 5.74) is 2.05. The molecule has 1 fully saturated rings. The van der Waals surface area contributed by atoms with E-state index in [4.69, 9.17) is 4.52 Å². The van der Waals surface area contributed by atoms with Crippen molar-refractivity contribution < 1.29 is 4.52 Å². The van der Waals surface area contributed by atoms with Gasteiger partial charge in [0.15, 0.2) is 5.82 Å². The first-order valence-electron chi connectivity index (χ1n) is 8.74. The van der Waals surface area contributed by atoms with E-state index in [-0.39, 0.29) is 0 Å². The number of rotatable bonds is 5. The topological polar surface area (TPSA) is 72.9 Å². The second kappa shape index (κ2) is 7.14. The van der Waals surface area contributed by atoms with Gasteiger partial charge >= 0.3 is 0 Å². The quantitative estimate of drug-likeness (QED) is 0.711. The molecule has 1 aliphatic rings. The van der Waals surface area contributed by atoms with Gasteiger partial charge in [-0.2, -0.15) is 4.98 Å². The molecule has 0 aliphatic carbocycles. The second-order valence-corrected chi connectivity index (χ2v) is 6.65. The van der Waals surface area contributed by atoms with Gasteiger partial charge in [0.05, 0.1) is 17.6 Å². The van der Waals surface area contributed by atoms with Gasteiger partial charge in [0.2, 0.25) is 5.89 Å². The zero-order chi connectivity index (χ0) is 17.1. The number of aromatic nitrogens is 5. The van der Waals surface area contributed by atoms with E-state index in [0.29, 0.717) is 11.7 Å². The van der Waals surface area contributed by atoms with Crippen molar-refractivity contribution in [1.82, 2.24) is 30.0 Å². The molecule has 2 aromatic heterocycles. The minimum Gasteiger partial charge on any atom is -0.339 e. The third kappa shape index (κ3) is 3.93. The third-order valence-electron chi connectivity index (χ3n) is 4.69. The van der Waals surface area contributed by atoms with Gasteiger partial charge in [-0.05, 0) is 50.9 Å². The van der Waals surface area contributed by atoms with Crippen LogP contribution in [0.25, 0.3) is 5.69 Å². The van der Waals surface area contributed by atoms with Crippen LogP contribution in [0.2, 0.25) is 0 Å². The number of hydrogen-bond donors (Lipinski definition) is 0. The molecule has 1 aromatic carbocycles. The molecule has 4 rings (SSSR count). The first kappa shape index (κ1) is 16.0. The minimum atomic E-state index is 0.621. The number of aryl methyl sites for hydroxylation is 1. The molecule has 130 valence electrons. The molecule has 1 aliphatic heterocycles. The van der Waals surface area contributed by atoms with E-state index < -0.39 is 0 Å². The monoisotopic (exact) mass is 338 g/mol. The summed E-state index contributed by atoms with van der Waals surface area (Å²) in [5, 5.41) is 12.4. The second-order valence-electron chi connectivity index (χ2n) is 6.65. The maximum Gasteiger partial charge on any atom is 0.226 e. The number of hydrogen-bond acceptors (Lipinski definition) is 6. The summed E-state index contributed by atoms with van der Waals surface area (Å²) in [6.07, 6.45) is 5.20. The van der Waals surface area contributed by atoms with Crippen LogP contribution in [0.4, 0.5) is 0 Å². The number of likely N-dealkylation sites (tertiary alicyclic amines) is 1. The predicted octanol–water partition coefficient (Wildman–Crippen LogP) is 2.41. The fraction of sp³-hybridized carbons (Fsp3) is 0.444. The normalized spacial score (nSPS) is 16.4. The Kier molecular flexibility index (Phi) is 4.56. The van der Waals surface area contributed by atoms with E-state index in [1.54, 1.807) is 0 Å². The first-order chi connectivity index (χ1) is 12.3. The van der Waals surface area contributed by atoms with Crippen molar-refractivity contribution in [2.75, 3.05) is 13.1 Å². The Morgan fingerprint density at radius 3 is 2.68 bits per heavy atom. The van der Waals surface area contributed by atoms with E-state index in [1.165, 1.54) is 0 Å². The Bertz CT molecular complexity index is 804. The molecule has 0 amide bonds. The lowest BCUT2D eigenvalue weighted by Crippen LogP contribution is -2.34. The standard InChI is InChI=1S/C18H22N6O/c1-14-19-18(25-21-14)11-15-7-9-23(10-8-15)12-16-13-24(22-20-16)17-5-3-2-4-6-17/h2-6,13,15H,7-12H2,1H3. The van der Waals surface area contributed by atoms with Crippen molar-refractivity contribution in [3.8, 4) is 5.69 Å². The van der Waals surface area contributed by atoms with Gasteiger partial charge in [-0.1, -0.05) is 28.6 Å². The Morgan fingerprint density at radius 2 is 1.96 bits per heavy atom. The molecular formula is C18H22N6O. The fourth-order valence-electron chi connectivity index (χ4n) is 3.33. The lowest BCUT2D eigenvalue weighted by Gasteiger charge is -2.30. The summed E-state index contributed by atoms with van der Waals surface area (Å²) in [4.78, 5) is 6.75. The zero-order valence-electron chi connectivity index (χ0n) is 14.4. The van der Waals surface area contributed by atoms with Crippen LogP contribution in [0.1, 0.15) is 30.3 Å². The zero-order valence-corrected chi connectivity index (χ0v) is 14.4. The van der Waals surface area contributed by atoms with Gasteiger partial charge in [0, 0.05) is 13.0 Å². The van der Waals surface area contributed by atoms with Gasteiger partial charge in [-0.3, -0.25) is 4.90 Å². The van der Waals surface area contributed by atoms with Gasteiger partial charge in [-0.25, -0.2) is 4.68 Å². The number of para-hydroxylation sites is 1. The van der Waals surface area contributed by atoms with Crippen LogP contribution in [-0.4, -0.2) is 43.1 Å². The molecule has 0 unspecified atom stereocenters. The van der Waals surface area contributed by atoms with Crippen LogP contribution in [0.15, 0.2) is 41.1 Å². The molecule has 0 atom stereocenters. The summed E-state index contributed by atoms with van der Waals surface area (Å²) in [5.74, 6) is 2.10. The van der Waals surface area contributed by atoms with Crippen molar-refractivity contribution in [2.45, 2.75) is 32.7 Å². The van der Waals surface area contributed by atoms with Crippen LogP contribution >= 0.6 is 0 Å². The maximum absolute atomic E-state index is 5.24. The highest BCUT2D eigenvalue weighted by Gasteiger charge is 2.22. The van der Waals surface area contributed by atoms with Crippen LogP contribution in [0.5, 0.6) is 0 Å². The summed E-state index contributed by atoms with van der Waals surface area (Å²) in [6, 6.07) is 10.1. The van der Waals surface area contributed by atoms with E-state index >= 15 is 0 Å². The van der Waals surface area contributed by atoms with Crippen molar-refractivity contribution >= 4 is 0 Å². The Balaban J connectivity index is 1.29. The number of benzene rings is 1. The van der Waals surface area contributed by atoms with E-state index in [9.17, 15) is 0 Å². The first-order valence-corrected chi connectivity index (χ1v) is 8.74. The third-order valence-corrected chi connectivity index (χ3v) is 4.69. The number of piperidine rings is 1. The molecule has 0 saturated carbocycles. The smallest absolute Gasteiger partial charge is 0.226 e. The molecule has 0 spiro atoms. The van der Waals surface area contributed by atoms with Gasteiger partial charge in [0.1, 0.15) is 0 Å². The minimum absolute atomic E-state index is 0.621. The van der Waals surface area contributed by atoms with E-state index in [2.05, 4.69) is 25.4 Å². The van der Waals surface area contributed by atoms with Gasteiger partial charge < -0.3 is 4.52 Å². The van der Waals surface area contributed by atoms with Crippen molar-refractivity contribution in [1.29, 1.82) is 0 Å². The lowest BCUT2D eigenvalue weighted by molar-refractivity contribution is 0.169. The van der Waals surface area contributed by atoms with Crippen LogP contribution in [0.3, 0.4) is 0 Å². The fourth-order valence-corrected chi connectivity index (χ4v) is 3.33. The van der Waals surface area contributed by atoms with Crippen molar-refractivity contribution in [3.63, 3.8) is 0 Å². The van der Waals surface area contributed by atoms with E-state index in [0.717, 1.165) is 56.2 Å². The number of nitrogens with zero attached hydrogens (tertiary/aromatic N) is 6. The lowest BCUT2D eigenvalue weighted by atomic mass is 9.93. The van der Waals surface area contributed by atoms with Gasteiger partial charge in [-0.15, -0.1) is 5.10 Å². The van der Waals surface area contributed by atoms with Crippen LogP contribution in [0, 0.1) is 12.8 Å². The molecule has 0 bridgehead atoms. The highest BCUT2D eigenvalue weighted by atomic mass is 16.5. The van der Waals surface area contributed by atoms with Gasteiger partial charge in [0.25, 0.3) is 0 Å².